The summed E-state index contributed by atoms with van der Waals surface area (Å²) in [4.78, 5) is 0. The van der Waals surface area contributed by atoms with E-state index in [-0.39, 0.29) is 21.9 Å². The molecule has 1 nitrogen and oxygen atoms in total. The third-order valence-corrected chi connectivity index (χ3v) is 6.89. The molecule has 0 aromatic heterocycles. The Bertz CT molecular complexity index is 516. The Morgan fingerprint density at radius 3 is 1.57 bits per heavy atom. The Hall–Kier alpha value is -0.820. The van der Waals surface area contributed by atoms with Crippen molar-refractivity contribution in [2.75, 3.05) is 0 Å². The highest BCUT2D eigenvalue weighted by atomic mass is 15.2. The SMILES string of the molecule is CC.CC1(C)NC(C)(C)C2(c3ccccc3)C(C)(C)C12C. The molecule has 0 spiro atoms. The van der Waals surface area contributed by atoms with Gasteiger partial charge in [-0.05, 0) is 38.7 Å². The van der Waals surface area contributed by atoms with E-state index >= 15 is 0 Å². The van der Waals surface area contributed by atoms with Crippen molar-refractivity contribution in [2.45, 2.75) is 78.8 Å². The summed E-state index contributed by atoms with van der Waals surface area (Å²) in [5.74, 6) is 0. The van der Waals surface area contributed by atoms with E-state index in [1.165, 1.54) is 5.56 Å². The number of nitrogens with one attached hydrogen (secondary N) is 1. The number of piperidine rings is 1. The van der Waals surface area contributed by atoms with Crippen molar-refractivity contribution in [1.29, 1.82) is 0 Å². The predicted molar refractivity (Wildman–Crippen MR) is 92.6 cm³/mol. The topological polar surface area (TPSA) is 12.0 Å². The lowest BCUT2D eigenvalue weighted by atomic mass is 9.73. The zero-order valence-corrected chi connectivity index (χ0v) is 15.4. The second-order valence-electron chi connectivity index (χ2n) is 8.24. The van der Waals surface area contributed by atoms with Crippen molar-refractivity contribution in [1.82, 2.24) is 5.32 Å². The Morgan fingerprint density at radius 2 is 1.19 bits per heavy atom. The zero-order chi connectivity index (χ0) is 16.3. The first kappa shape index (κ1) is 16.5. The number of benzene rings is 1. The molecule has 1 saturated carbocycles. The van der Waals surface area contributed by atoms with E-state index in [0.29, 0.717) is 5.41 Å². The van der Waals surface area contributed by atoms with Crippen molar-refractivity contribution in [3.05, 3.63) is 35.9 Å². The standard InChI is InChI=1S/C18H27N.C2H6/c1-14(2)17(7)15(3,4)19-16(5,6)18(14,17)13-11-9-8-10-12-13;1-2/h8-12,19H,1-7H3;1-2H3. The van der Waals surface area contributed by atoms with Crippen LogP contribution < -0.4 is 5.32 Å². The molecule has 1 aliphatic heterocycles. The lowest BCUT2D eigenvalue weighted by molar-refractivity contribution is 0.182. The van der Waals surface area contributed by atoms with Gasteiger partial charge in [-0.1, -0.05) is 65.0 Å². The molecule has 1 aromatic carbocycles. The molecule has 3 rings (SSSR count). The van der Waals surface area contributed by atoms with Crippen molar-refractivity contribution in [3.63, 3.8) is 0 Å². The molecular weight excluding hydrogens is 254 g/mol. The lowest BCUT2D eigenvalue weighted by Crippen LogP contribution is -2.55. The van der Waals surface area contributed by atoms with Crippen LogP contribution in [0.15, 0.2) is 30.3 Å². The van der Waals surface area contributed by atoms with Crippen LogP contribution in [-0.4, -0.2) is 11.1 Å². The summed E-state index contributed by atoms with van der Waals surface area (Å²) in [6.45, 7) is 20.9. The average molecular weight is 287 g/mol. The molecule has 21 heavy (non-hydrogen) atoms. The molecule has 2 atom stereocenters. The van der Waals surface area contributed by atoms with Crippen LogP contribution in [0, 0.1) is 10.8 Å². The Kier molecular flexibility index (Phi) is 3.43. The quantitative estimate of drug-likeness (QED) is 0.752. The smallest absolute Gasteiger partial charge is 0.0263 e. The highest BCUT2D eigenvalue weighted by molar-refractivity contribution is 5.55. The Labute approximate surface area is 131 Å². The van der Waals surface area contributed by atoms with E-state index in [0.717, 1.165) is 0 Å². The third kappa shape index (κ3) is 1.46. The molecule has 0 bridgehead atoms. The van der Waals surface area contributed by atoms with Crippen LogP contribution in [0.5, 0.6) is 0 Å². The van der Waals surface area contributed by atoms with Gasteiger partial charge in [0.15, 0.2) is 0 Å². The van der Waals surface area contributed by atoms with Gasteiger partial charge in [-0.15, -0.1) is 0 Å². The molecule has 2 aliphatic rings. The first-order valence-corrected chi connectivity index (χ1v) is 8.41. The minimum Gasteiger partial charge on any atom is -0.305 e. The maximum absolute atomic E-state index is 3.90. The van der Waals surface area contributed by atoms with E-state index in [1.54, 1.807) is 0 Å². The maximum atomic E-state index is 3.90. The Balaban J connectivity index is 0.000000774. The highest BCUT2D eigenvalue weighted by Crippen LogP contribution is 2.87. The van der Waals surface area contributed by atoms with Crippen LogP contribution in [-0.2, 0) is 5.41 Å². The normalized spacial score (nSPS) is 37.2. The molecule has 118 valence electrons. The molecule has 1 aromatic rings. The molecule has 1 N–H and O–H groups in total. The van der Waals surface area contributed by atoms with Gasteiger partial charge in [0.05, 0.1) is 0 Å². The summed E-state index contributed by atoms with van der Waals surface area (Å²) in [5.41, 5.74) is 2.53. The molecule has 0 amide bonds. The van der Waals surface area contributed by atoms with Crippen LogP contribution in [0.4, 0.5) is 0 Å². The summed E-state index contributed by atoms with van der Waals surface area (Å²) in [6, 6.07) is 11.1. The summed E-state index contributed by atoms with van der Waals surface area (Å²) in [7, 11) is 0. The van der Waals surface area contributed by atoms with Crippen LogP contribution in [0.1, 0.15) is 67.9 Å². The lowest BCUT2D eigenvalue weighted by Gasteiger charge is -2.40. The molecule has 1 heterocycles. The molecule has 1 aliphatic carbocycles. The van der Waals surface area contributed by atoms with Gasteiger partial charge in [0.2, 0.25) is 0 Å². The molecule has 2 unspecified atom stereocenters. The number of fused-ring (bicyclic) bond motifs is 1. The van der Waals surface area contributed by atoms with E-state index in [4.69, 9.17) is 0 Å². The monoisotopic (exact) mass is 287 g/mol. The Morgan fingerprint density at radius 1 is 0.714 bits per heavy atom. The fourth-order valence-electron chi connectivity index (χ4n) is 6.45. The minimum atomic E-state index is 0.107. The minimum absolute atomic E-state index is 0.107. The average Bonchev–Trinajstić information content (AvgIpc) is 2.77. The summed E-state index contributed by atoms with van der Waals surface area (Å²) in [6.07, 6.45) is 0. The first-order valence-electron chi connectivity index (χ1n) is 8.41. The van der Waals surface area contributed by atoms with Gasteiger partial charge >= 0.3 is 0 Å². The van der Waals surface area contributed by atoms with Gasteiger partial charge in [-0.25, -0.2) is 0 Å². The van der Waals surface area contributed by atoms with Gasteiger partial charge in [0.25, 0.3) is 0 Å². The van der Waals surface area contributed by atoms with Crippen LogP contribution >= 0.6 is 0 Å². The fraction of sp³-hybridized carbons (Fsp3) is 0.700. The third-order valence-electron chi connectivity index (χ3n) is 6.89. The molecule has 2 fully saturated rings. The van der Waals surface area contributed by atoms with Crippen molar-refractivity contribution in [2.24, 2.45) is 10.8 Å². The second kappa shape index (κ2) is 4.35. The summed E-state index contributed by atoms with van der Waals surface area (Å²) >= 11 is 0. The van der Waals surface area contributed by atoms with Gasteiger partial charge in [-0.2, -0.15) is 0 Å². The number of hydrogen-bond acceptors (Lipinski definition) is 1. The van der Waals surface area contributed by atoms with Crippen LogP contribution in [0.2, 0.25) is 0 Å². The van der Waals surface area contributed by atoms with Crippen LogP contribution in [0.25, 0.3) is 0 Å². The molecule has 1 heteroatoms. The van der Waals surface area contributed by atoms with Crippen molar-refractivity contribution < 1.29 is 0 Å². The summed E-state index contributed by atoms with van der Waals surface area (Å²) < 4.78 is 0. The number of hydrogen-bond donors (Lipinski definition) is 1. The van der Waals surface area contributed by atoms with Gasteiger partial charge in [0, 0.05) is 21.9 Å². The van der Waals surface area contributed by atoms with Gasteiger partial charge in [-0.3, -0.25) is 0 Å². The summed E-state index contributed by atoms with van der Waals surface area (Å²) in [5, 5.41) is 3.90. The van der Waals surface area contributed by atoms with E-state index in [2.05, 4.69) is 84.1 Å². The van der Waals surface area contributed by atoms with E-state index < -0.39 is 0 Å². The van der Waals surface area contributed by atoms with E-state index in [1.807, 2.05) is 13.8 Å². The molecule has 0 radical (unpaired) electrons. The maximum Gasteiger partial charge on any atom is 0.0263 e. The number of rotatable bonds is 1. The first-order chi connectivity index (χ1) is 9.56. The van der Waals surface area contributed by atoms with E-state index in [9.17, 15) is 0 Å². The van der Waals surface area contributed by atoms with Crippen molar-refractivity contribution in [3.8, 4) is 0 Å². The van der Waals surface area contributed by atoms with Gasteiger partial charge in [0.1, 0.15) is 0 Å². The molecule has 1 saturated heterocycles. The molecular formula is C20H33N. The fourth-order valence-corrected chi connectivity index (χ4v) is 6.45. The second-order valence-corrected chi connectivity index (χ2v) is 8.24. The zero-order valence-electron chi connectivity index (χ0n) is 15.4. The van der Waals surface area contributed by atoms with Gasteiger partial charge < -0.3 is 5.32 Å². The predicted octanol–water partition coefficient (Wildman–Crippen LogP) is 5.16. The largest absolute Gasteiger partial charge is 0.305 e. The highest BCUT2D eigenvalue weighted by Gasteiger charge is 2.92. The van der Waals surface area contributed by atoms with Crippen molar-refractivity contribution >= 4 is 0 Å². The van der Waals surface area contributed by atoms with Crippen LogP contribution in [0.3, 0.4) is 0 Å².